The van der Waals surface area contributed by atoms with Crippen LogP contribution in [0.1, 0.15) is 68.4 Å². The maximum Gasteiger partial charge on any atom is 0.254 e. The number of aryl methyl sites for hydroxylation is 2. The van der Waals surface area contributed by atoms with Crippen LogP contribution in [-0.4, -0.2) is 47.1 Å². The SMILES string of the molecule is CCC(CC(=O)N[C@H]1C[C@@H](CO)N(C(=O)c2ccc(C)c(C)c2)C1)C(C)(C)C. The fraction of sp³-hybridized carbons (Fsp3) is 0.652. The quantitative estimate of drug-likeness (QED) is 0.784. The van der Waals surface area contributed by atoms with Crippen LogP contribution < -0.4 is 5.32 Å². The number of aliphatic hydroxyl groups excluding tert-OH is 1. The molecule has 0 aromatic heterocycles. The summed E-state index contributed by atoms with van der Waals surface area (Å²) in [6.07, 6.45) is 2.04. The van der Waals surface area contributed by atoms with Gasteiger partial charge in [-0.1, -0.05) is 40.2 Å². The Hall–Kier alpha value is -1.88. The Morgan fingerprint density at radius 3 is 2.46 bits per heavy atom. The molecule has 0 spiro atoms. The molecule has 0 aliphatic carbocycles. The standard InChI is InChI=1S/C23H36N2O3/c1-7-18(23(4,5)6)11-21(27)24-19-12-20(14-26)25(13-19)22(28)17-9-8-15(2)16(3)10-17/h8-10,18-20,26H,7,11-14H2,1-6H3,(H,24,27)/t18?,19-,20-/m0/s1. The molecule has 2 N–H and O–H groups in total. The van der Waals surface area contributed by atoms with Crippen molar-refractivity contribution in [3.8, 4) is 0 Å². The van der Waals surface area contributed by atoms with Crippen LogP contribution in [0.15, 0.2) is 18.2 Å². The zero-order valence-electron chi connectivity index (χ0n) is 18.2. The lowest BCUT2D eigenvalue weighted by atomic mass is 9.77. The van der Waals surface area contributed by atoms with Gasteiger partial charge in [0.2, 0.25) is 5.91 Å². The van der Waals surface area contributed by atoms with Crippen LogP contribution in [-0.2, 0) is 4.79 Å². The van der Waals surface area contributed by atoms with Gasteiger partial charge < -0.3 is 15.3 Å². The van der Waals surface area contributed by atoms with E-state index in [1.54, 1.807) is 4.90 Å². The van der Waals surface area contributed by atoms with E-state index >= 15 is 0 Å². The molecule has 1 saturated heterocycles. The highest BCUT2D eigenvalue weighted by atomic mass is 16.3. The molecule has 1 fully saturated rings. The molecule has 156 valence electrons. The van der Waals surface area contributed by atoms with Gasteiger partial charge in [0.15, 0.2) is 0 Å². The average molecular weight is 389 g/mol. The Balaban J connectivity index is 2.03. The highest BCUT2D eigenvalue weighted by Crippen LogP contribution is 2.31. The molecule has 1 aromatic carbocycles. The van der Waals surface area contributed by atoms with E-state index in [1.165, 1.54) is 0 Å². The van der Waals surface area contributed by atoms with Crippen LogP contribution in [0.3, 0.4) is 0 Å². The Kier molecular flexibility index (Phi) is 7.27. The second kappa shape index (κ2) is 9.08. The molecule has 0 saturated carbocycles. The summed E-state index contributed by atoms with van der Waals surface area (Å²) in [4.78, 5) is 27.2. The minimum absolute atomic E-state index is 0.0314. The van der Waals surface area contributed by atoms with E-state index in [0.717, 1.165) is 17.5 Å². The molecule has 1 aliphatic rings. The first-order valence-electron chi connectivity index (χ1n) is 10.3. The Labute approximate surface area is 169 Å². The Morgan fingerprint density at radius 1 is 1.25 bits per heavy atom. The molecule has 0 radical (unpaired) electrons. The van der Waals surface area contributed by atoms with Crippen molar-refractivity contribution in [3.63, 3.8) is 0 Å². The maximum atomic E-state index is 13.0. The molecule has 1 heterocycles. The van der Waals surface area contributed by atoms with Gasteiger partial charge in [0.25, 0.3) is 5.91 Å². The summed E-state index contributed by atoms with van der Waals surface area (Å²) in [5.74, 6) is 0.264. The van der Waals surface area contributed by atoms with E-state index in [9.17, 15) is 14.7 Å². The zero-order valence-corrected chi connectivity index (χ0v) is 18.2. The molecule has 28 heavy (non-hydrogen) atoms. The number of aliphatic hydroxyl groups is 1. The predicted molar refractivity (Wildman–Crippen MR) is 112 cm³/mol. The van der Waals surface area contributed by atoms with Crippen LogP contribution in [0.2, 0.25) is 0 Å². The van der Waals surface area contributed by atoms with Gasteiger partial charge in [-0.25, -0.2) is 0 Å². The zero-order chi connectivity index (χ0) is 21.1. The van der Waals surface area contributed by atoms with Gasteiger partial charge in [0.05, 0.1) is 12.6 Å². The summed E-state index contributed by atoms with van der Waals surface area (Å²) >= 11 is 0. The van der Waals surface area contributed by atoms with Crippen molar-refractivity contribution in [2.45, 2.75) is 72.9 Å². The number of nitrogens with one attached hydrogen (secondary N) is 1. The van der Waals surface area contributed by atoms with Crippen molar-refractivity contribution >= 4 is 11.8 Å². The fourth-order valence-corrected chi connectivity index (χ4v) is 4.06. The van der Waals surface area contributed by atoms with Crippen molar-refractivity contribution in [3.05, 3.63) is 34.9 Å². The van der Waals surface area contributed by atoms with E-state index in [4.69, 9.17) is 0 Å². The van der Waals surface area contributed by atoms with Crippen LogP contribution in [0, 0.1) is 25.2 Å². The normalized spacial score (nSPS) is 20.9. The van der Waals surface area contributed by atoms with Gasteiger partial charge >= 0.3 is 0 Å². The smallest absolute Gasteiger partial charge is 0.254 e. The molecular formula is C23H36N2O3. The third kappa shape index (κ3) is 5.34. The van der Waals surface area contributed by atoms with E-state index < -0.39 is 0 Å². The second-order valence-corrected chi connectivity index (χ2v) is 9.27. The van der Waals surface area contributed by atoms with Gasteiger partial charge in [-0.2, -0.15) is 0 Å². The molecule has 3 atom stereocenters. The van der Waals surface area contributed by atoms with Crippen LogP contribution in [0.4, 0.5) is 0 Å². The summed E-state index contributed by atoms with van der Waals surface area (Å²) < 4.78 is 0. The lowest BCUT2D eigenvalue weighted by molar-refractivity contribution is -0.123. The van der Waals surface area contributed by atoms with Gasteiger partial charge in [-0.05, 0) is 54.9 Å². The molecular weight excluding hydrogens is 352 g/mol. The van der Waals surface area contributed by atoms with E-state index in [0.29, 0.717) is 30.9 Å². The Bertz CT molecular complexity index is 708. The number of carbonyl (C=O) groups is 2. The number of amides is 2. The summed E-state index contributed by atoms with van der Waals surface area (Å²) in [6, 6.07) is 5.30. The fourth-order valence-electron chi connectivity index (χ4n) is 4.06. The lowest BCUT2D eigenvalue weighted by Crippen LogP contribution is -2.41. The van der Waals surface area contributed by atoms with Crippen molar-refractivity contribution in [2.75, 3.05) is 13.2 Å². The minimum Gasteiger partial charge on any atom is -0.394 e. The number of hydrogen-bond donors (Lipinski definition) is 2. The monoisotopic (exact) mass is 388 g/mol. The molecule has 1 aliphatic heterocycles. The first kappa shape index (κ1) is 22.4. The number of rotatable bonds is 6. The van der Waals surface area contributed by atoms with Gasteiger partial charge in [-0.3, -0.25) is 9.59 Å². The first-order valence-corrected chi connectivity index (χ1v) is 10.3. The molecule has 2 rings (SSSR count). The summed E-state index contributed by atoms with van der Waals surface area (Å²) in [5.41, 5.74) is 2.93. The molecule has 1 unspecified atom stereocenters. The van der Waals surface area contributed by atoms with Crippen LogP contribution >= 0.6 is 0 Å². The molecule has 5 nitrogen and oxygen atoms in total. The molecule has 5 heteroatoms. The molecule has 1 aromatic rings. The van der Waals surface area contributed by atoms with E-state index in [1.807, 2.05) is 32.0 Å². The van der Waals surface area contributed by atoms with Gasteiger partial charge in [0.1, 0.15) is 0 Å². The highest BCUT2D eigenvalue weighted by Gasteiger charge is 2.36. The largest absolute Gasteiger partial charge is 0.394 e. The van der Waals surface area contributed by atoms with E-state index in [2.05, 4.69) is 33.0 Å². The average Bonchev–Trinajstić information content (AvgIpc) is 3.03. The van der Waals surface area contributed by atoms with Crippen molar-refractivity contribution in [2.24, 2.45) is 11.3 Å². The number of benzene rings is 1. The van der Waals surface area contributed by atoms with Crippen LogP contribution in [0.25, 0.3) is 0 Å². The van der Waals surface area contributed by atoms with Gasteiger partial charge in [0, 0.05) is 24.6 Å². The number of hydrogen-bond acceptors (Lipinski definition) is 3. The Morgan fingerprint density at radius 2 is 1.93 bits per heavy atom. The van der Waals surface area contributed by atoms with Crippen molar-refractivity contribution < 1.29 is 14.7 Å². The summed E-state index contributed by atoms with van der Waals surface area (Å²) in [5, 5.41) is 12.9. The lowest BCUT2D eigenvalue weighted by Gasteiger charge is -2.29. The second-order valence-electron chi connectivity index (χ2n) is 9.27. The number of nitrogens with zero attached hydrogens (tertiary/aromatic N) is 1. The highest BCUT2D eigenvalue weighted by molar-refractivity contribution is 5.95. The third-order valence-corrected chi connectivity index (χ3v) is 6.15. The predicted octanol–water partition coefficient (Wildman–Crippen LogP) is 3.46. The minimum atomic E-state index is -0.260. The number of likely N-dealkylation sites (tertiary alicyclic amines) is 1. The first-order chi connectivity index (χ1) is 13.1. The van der Waals surface area contributed by atoms with Gasteiger partial charge in [-0.15, -0.1) is 0 Å². The maximum absolute atomic E-state index is 13.0. The topological polar surface area (TPSA) is 69.6 Å². The summed E-state index contributed by atoms with van der Waals surface area (Å²) in [7, 11) is 0. The van der Waals surface area contributed by atoms with Crippen LogP contribution in [0.5, 0.6) is 0 Å². The van der Waals surface area contributed by atoms with E-state index in [-0.39, 0.29) is 35.9 Å². The number of carbonyl (C=O) groups excluding carboxylic acids is 2. The molecule has 0 bridgehead atoms. The summed E-state index contributed by atoms with van der Waals surface area (Å²) in [6.45, 7) is 13.0. The van der Waals surface area contributed by atoms with Crippen molar-refractivity contribution in [1.29, 1.82) is 0 Å². The molecule has 2 amide bonds. The van der Waals surface area contributed by atoms with Crippen molar-refractivity contribution in [1.82, 2.24) is 10.2 Å². The third-order valence-electron chi connectivity index (χ3n) is 6.15.